The molecular weight excluding hydrogens is 216 g/mol. The highest BCUT2D eigenvalue weighted by atomic mass is 16.3. The second-order valence-corrected chi connectivity index (χ2v) is 3.62. The minimum absolute atomic E-state index is 0.148. The fourth-order valence-corrected chi connectivity index (χ4v) is 1.67. The molecule has 17 heavy (non-hydrogen) atoms. The van der Waals surface area contributed by atoms with Crippen molar-refractivity contribution in [1.82, 2.24) is 15.0 Å². The van der Waals surface area contributed by atoms with Crippen LogP contribution in [0.3, 0.4) is 0 Å². The van der Waals surface area contributed by atoms with E-state index in [1.807, 2.05) is 36.4 Å². The summed E-state index contributed by atoms with van der Waals surface area (Å²) < 4.78 is 1.53. The van der Waals surface area contributed by atoms with Crippen LogP contribution in [0.25, 0.3) is 0 Å². The van der Waals surface area contributed by atoms with E-state index in [1.165, 1.54) is 4.68 Å². The molecule has 5 heteroatoms. The molecule has 2 aromatic rings. The molecule has 0 bridgehead atoms. The number of hydrogen-bond acceptors (Lipinski definition) is 4. The van der Waals surface area contributed by atoms with Crippen LogP contribution in [0.4, 0.5) is 0 Å². The SMILES string of the molecule is N#CCn1nnc(CO)c1Cc1ccccc1. The number of aromatic nitrogens is 3. The number of aliphatic hydroxyl groups excluding tert-OH is 1. The average Bonchev–Trinajstić information content (AvgIpc) is 2.74. The van der Waals surface area contributed by atoms with Crippen LogP contribution >= 0.6 is 0 Å². The first-order valence-corrected chi connectivity index (χ1v) is 5.28. The Labute approximate surface area is 98.9 Å². The quantitative estimate of drug-likeness (QED) is 0.843. The maximum absolute atomic E-state index is 9.18. The van der Waals surface area contributed by atoms with Crippen molar-refractivity contribution in [3.8, 4) is 6.07 Å². The summed E-state index contributed by atoms with van der Waals surface area (Å²) in [5.41, 5.74) is 2.42. The number of hydrogen-bond donors (Lipinski definition) is 1. The van der Waals surface area contributed by atoms with Crippen molar-refractivity contribution in [2.45, 2.75) is 19.6 Å². The predicted molar refractivity (Wildman–Crippen MR) is 60.8 cm³/mol. The number of nitriles is 1. The number of benzene rings is 1. The van der Waals surface area contributed by atoms with Crippen LogP contribution in [0.15, 0.2) is 30.3 Å². The van der Waals surface area contributed by atoms with Gasteiger partial charge in [-0.25, -0.2) is 4.68 Å². The van der Waals surface area contributed by atoms with E-state index >= 15 is 0 Å². The van der Waals surface area contributed by atoms with Gasteiger partial charge in [0.25, 0.3) is 0 Å². The van der Waals surface area contributed by atoms with Crippen LogP contribution in [0, 0.1) is 11.3 Å². The Morgan fingerprint density at radius 1 is 1.29 bits per heavy atom. The van der Waals surface area contributed by atoms with Crippen molar-refractivity contribution in [2.24, 2.45) is 0 Å². The van der Waals surface area contributed by atoms with Crippen molar-refractivity contribution < 1.29 is 5.11 Å². The molecule has 0 atom stereocenters. The zero-order valence-electron chi connectivity index (χ0n) is 9.24. The van der Waals surface area contributed by atoms with Crippen molar-refractivity contribution in [2.75, 3.05) is 0 Å². The summed E-state index contributed by atoms with van der Waals surface area (Å²) in [7, 11) is 0. The van der Waals surface area contributed by atoms with Gasteiger partial charge < -0.3 is 5.11 Å². The first-order chi connectivity index (χ1) is 8.35. The van der Waals surface area contributed by atoms with Gasteiger partial charge in [0.05, 0.1) is 18.4 Å². The minimum Gasteiger partial charge on any atom is -0.390 e. The second-order valence-electron chi connectivity index (χ2n) is 3.62. The third kappa shape index (κ3) is 2.49. The van der Waals surface area contributed by atoms with Gasteiger partial charge in [-0.15, -0.1) is 5.10 Å². The van der Waals surface area contributed by atoms with E-state index in [2.05, 4.69) is 10.3 Å². The summed E-state index contributed by atoms with van der Waals surface area (Å²) in [4.78, 5) is 0. The highest BCUT2D eigenvalue weighted by Gasteiger charge is 2.12. The van der Waals surface area contributed by atoms with Crippen molar-refractivity contribution in [3.05, 3.63) is 47.3 Å². The van der Waals surface area contributed by atoms with E-state index in [-0.39, 0.29) is 13.2 Å². The van der Waals surface area contributed by atoms with E-state index < -0.39 is 0 Å². The molecule has 1 heterocycles. The molecule has 0 saturated carbocycles. The number of nitrogens with zero attached hydrogens (tertiary/aromatic N) is 4. The molecule has 0 aliphatic carbocycles. The van der Waals surface area contributed by atoms with Gasteiger partial charge in [-0.2, -0.15) is 5.26 Å². The summed E-state index contributed by atoms with van der Waals surface area (Å²) in [5.74, 6) is 0. The molecule has 0 aliphatic rings. The fraction of sp³-hybridized carbons (Fsp3) is 0.250. The van der Waals surface area contributed by atoms with Gasteiger partial charge in [0.2, 0.25) is 0 Å². The molecule has 0 spiro atoms. The largest absolute Gasteiger partial charge is 0.390 e. The first kappa shape index (κ1) is 11.3. The summed E-state index contributed by atoms with van der Waals surface area (Å²) in [5, 5.41) is 25.6. The summed E-state index contributed by atoms with van der Waals surface area (Å²) in [6.45, 7) is -0.0111. The standard InChI is InChI=1S/C12H12N4O/c13-6-7-16-12(11(9-17)14-15-16)8-10-4-2-1-3-5-10/h1-5,17H,7-9H2. The molecule has 2 rings (SSSR count). The lowest BCUT2D eigenvalue weighted by Gasteiger charge is -2.04. The smallest absolute Gasteiger partial charge is 0.130 e. The molecule has 5 nitrogen and oxygen atoms in total. The van der Waals surface area contributed by atoms with E-state index in [1.54, 1.807) is 0 Å². The second kappa shape index (κ2) is 5.23. The Morgan fingerprint density at radius 3 is 2.71 bits per heavy atom. The number of rotatable bonds is 4. The Morgan fingerprint density at radius 2 is 2.06 bits per heavy atom. The molecular formula is C12H12N4O. The zero-order chi connectivity index (χ0) is 12.1. The van der Waals surface area contributed by atoms with E-state index in [4.69, 9.17) is 5.26 Å². The topological polar surface area (TPSA) is 74.7 Å². The maximum Gasteiger partial charge on any atom is 0.130 e. The van der Waals surface area contributed by atoms with Crippen LogP contribution in [0.5, 0.6) is 0 Å². The van der Waals surface area contributed by atoms with Gasteiger partial charge in [0.15, 0.2) is 0 Å². The molecule has 0 aliphatic heterocycles. The van der Waals surface area contributed by atoms with Gasteiger partial charge in [-0.05, 0) is 5.56 Å². The minimum atomic E-state index is -0.159. The van der Waals surface area contributed by atoms with E-state index in [9.17, 15) is 5.11 Å². The Bertz CT molecular complexity index is 527. The van der Waals surface area contributed by atoms with Gasteiger partial charge in [0.1, 0.15) is 12.2 Å². The molecule has 1 N–H and O–H groups in total. The molecule has 1 aromatic heterocycles. The van der Waals surface area contributed by atoms with Gasteiger partial charge in [0, 0.05) is 6.42 Å². The molecule has 1 aromatic carbocycles. The van der Waals surface area contributed by atoms with Crippen LogP contribution < -0.4 is 0 Å². The Balaban J connectivity index is 2.30. The summed E-state index contributed by atoms with van der Waals surface area (Å²) in [6.07, 6.45) is 0.616. The molecule has 0 fully saturated rings. The molecule has 0 amide bonds. The number of aliphatic hydroxyl groups is 1. The van der Waals surface area contributed by atoms with Gasteiger partial charge in [-0.3, -0.25) is 0 Å². The van der Waals surface area contributed by atoms with E-state index in [0.717, 1.165) is 11.3 Å². The van der Waals surface area contributed by atoms with Gasteiger partial charge >= 0.3 is 0 Å². The molecule has 0 saturated heterocycles. The Kier molecular flexibility index (Phi) is 3.48. The Hall–Kier alpha value is -2.19. The monoisotopic (exact) mass is 228 g/mol. The highest BCUT2D eigenvalue weighted by molar-refractivity contribution is 5.23. The molecule has 0 unspecified atom stereocenters. The van der Waals surface area contributed by atoms with Crippen LogP contribution in [0.1, 0.15) is 17.0 Å². The lowest BCUT2D eigenvalue weighted by molar-refractivity contribution is 0.275. The van der Waals surface area contributed by atoms with Crippen molar-refractivity contribution >= 4 is 0 Å². The van der Waals surface area contributed by atoms with Crippen LogP contribution in [-0.4, -0.2) is 20.1 Å². The van der Waals surface area contributed by atoms with Crippen molar-refractivity contribution in [1.29, 1.82) is 5.26 Å². The zero-order valence-corrected chi connectivity index (χ0v) is 9.24. The normalized spacial score (nSPS) is 10.1. The first-order valence-electron chi connectivity index (χ1n) is 5.28. The molecule has 86 valence electrons. The van der Waals surface area contributed by atoms with Crippen LogP contribution in [-0.2, 0) is 19.6 Å². The summed E-state index contributed by atoms with van der Waals surface area (Å²) >= 11 is 0. The van der Waals surface area contributed by atoms with Gasteiger partial charge in [-0.1, -0.05) is 35.5 Å². The third-order valence-corrected chi connectivity index (χ3v) is 2.50. The van der Waals surface area contributed by atoms with Crippen molar-refractivity contribution in [3.63, 3.8) is 0 Å². The lowest BCUT2D eigenvalue weighted by atomic mass is 10.1. The maximum atomic E-state index is 9.18. The average molecular weight is 228 g/mol. The molecule has 0 radical (unpaired) electrons. The summed E-state index contributed by atoms with van der Waals surface area (Å²) in [6, 6.07) is 11.9. The lowest BCUT2D eigenvalue weighted by Crippen LogP contribution is -2.06. The predicted octanol–water partition coefficient (Wildman–Crippen LogP) is 0.885. The third-order valence-electron chi connectivity index (χ3n) is 2.50. The fourth-order valence-electron chi connectivity index (χ4n) is 1.67. The van der Waals surface area contributed by atoms with Crippen LogP contribution in [0.2, 0.25) is 0 Å². The highest BCUT2D eigenvalue weighted by Crippen LogP contribution is 2.12. The van der Waals surface area contributed by atoms with E-state index in [0.29, 0.717) is 12.1 Å².